The summed E-state index contributed by atoms with van der Waals surface area (Å²) in [6.45, 7) is 5.25. The third-order valence-electron chi connectivity index (χ3n) is 4.19. The fourth-order valence-corrected chi connectivity index (χ4v) is 3.07. The van der Waals surface area contributed by atoms with E-state index in [0.717, 1.165) is 18.4 Å². The van der Waals surface area contributed by atoms with E-state index in [1.807, 2.05) is 6.92 Å². The molecular weight excluding hydrogens is 251 g/mol. The molecule has 3 unspecified atom stereocenters. The summed E-state index contributed by atoms with van der Waals surface area (Å²) in [5.74, 6) is 1.67. The molecule has 0 aromatic rings. The number of halogens is 3. The average molecular weight is 279 g/mol. The van der Waals surface area contributed by atoms with Crippen LogP contribution in [0.2, 0.25) is 0 Å². The van der Waals surface area contributed by atoms with Crippen LogP contribution in [0.5, 0.6) is 0 Å². The minimum absolute atomic E-state index is 0.198. The lowest BCUT2D eigenvalue weighted by molar-refractivity contribution is -0.135. The van der Waals surface area contributed by atoms with E-state index in [-0.39, 0.29) is 12.5 Å². The first kappa shape index (κ1) is 16.8. The summed E-state index contributed by atoms with van der Waals surface area (Å²) < 4.78 is 36.1. The fraction of sp³-hybridized carbons (Fsp3) is 1.00. The normalized spacial score (nSPS) is 26.4. The highest BCUT2D eigenvalue weighted by atomic mass is 19.4. The molecule has 0 aromatic carbocycles. The number of hydrogen-bond donors (Lipinski definition) is 1. The molecule has 4 heteroatoms. The molecule has 1 fully saturated rings. The Morgan fingerprint density at radius 1 is 1.26 bits per heavy atom. The van der Waals surface area contributed by atoms with Gasteiger partial charge in [-0.15, -0.1) is 0 Å². The van der Waals surface area contributed by atoms with Crippen LogP contribution in [-0.2, 0) is 0 Å². The molecule has 0 heterocycles. The Kier molecular flexibility index (Phi) is 7.19. The van der Waals surface area contributed by atoms with Crippen molar-refractivity contribution < 1.29 is 13.2 Å². The molecular formula is C15H28F3N. The van der Waals surface area contributed by atoms with Crippen molar-refractivity contribution in [2.24, 2.45) is 11.8 Å². The smallest absolute Gasteiger partial charge is 0.314 e. The van der Waals surface area contributed by atoms with Crippen molar-refractivity contribution >= 4 is 0 Å². The van der Waals surface area contributed by atoms with Crippen LogP contribution in [0.3, 0.4) is 0 Å². The Morgan fingerprint density at radius 2 is 2.00 bits per heavy atom. The van der Waals surface area contributed by atoms with Gasteiger partial charge in [-0.05, 0) is 51.0 Å². The monoisotopic (exact) mass is 279 g/mol. The Labute approximate surface area is 115 Å². The first-order valence-corrected chi connectivity index (χ1v) is 7.67. The molecule has 1 saturated carbocycles. The first-order chi connectivity index (χ1) is 8.87. The highest BCUT2D eigenvalue weighted by Gasteiger charge is 2.26. The molecule has 0 amide bonds. The summed E-state index contributed by atoms with van der Waals surface area (Å²) in [5.41, 5.74) is 0. The summed E-state index contributed by atoms with van der Waals surface area (Å²) in [7, 11) is 0. The second-order valence-corrected chi connectivity index (χ2v) is 6.29. The molecule has 0 bridgehead atoms. The van der Waals surface area contributed by atoms with Gasteiger partial charge in [-0.1, -0.05) is 26.2 Å². The van der Waals surface area contributed by atoms with Crippen LogP contribution in [0.4, 0.5) is 13.2 Å². The quantitative estimate of drug-likeness (QED) is 0.698. The predicted octanol–water partition coefficient (Wildman–Crippen LogP) is 4.91. The van der Waals surface area contributed by atoms with Crippen molar-refractivity contribution in [1.29, 1.82) is 0 Å². The largest absolute Gasteiger partial charge is 0.389 e. The Morgan fingerprint density at radius 3 is 2.63 bits per heavy atom. The Hall–Kier alpha value is -0.250. The molecule has 0 saturated heterocycles. The maximum Gasteiger partial charge on any atom is 0.389 e. The van der Waals surface area contributed by atoms with E-state index in [2.05, 4.69) is 12.2 Å². The highest BCUT2D eigenvalue weighted by molar-refractivity contribution is 4.72. The van der Waals surface area contributed by atoms with Crippen molar-refractivity contribution in [2.45, 2.75) is 77.4 Å². The maximum atomic E-state index is 12.0. The lowest BCUT2D eigenvalue weighted by Crippen LogP contribution is -2.29. The van der Waals surface area contributed by atoms with Crippen molar-refractivity contribution in [3.05, 3.63) is 0 Å². The van der Waals surface area contributed by atoms with Crippen molar-refractivity contribution in [3.63, 3.8) is 0 Å². The molecule has 19 heavy (non-hydrogen) atoms. The zero-order valence-electron chi connectivity index (χ0n) is 12.2. The molecule has 0 aliphatic heterocycles. The van der Waals surface area contributed by atoms with Gasteiger partial charge in [-0.25, -0.2) is 0 Å². The van der Waals surface area contributed by atoms with Crippen molar-refractivity contribution in [1.82, 2.24) is 5.32 Å². The third-order valence-corrected chi connectivity index (χ3v) is 4.19. The summed E-state index contributed by atoms with van der Waals surface area (Å²) in [4.78, 5) is 0. The topological polar surface area (TPSA) is 12.0 Å². The fourth-order valence-electron chi connectivity index (χ4n) is 3.07. The SMILES string of the molecule is CC1CCCC(CCNC(C)CCCC(F)(F)F)C1. The molecule has 0 spiro atoms. The van der Waals surface area contributed by atoms with Gasteiger partial charge in [0.15, 0.2) is 0 Å². The maximum absolute atomic E-state index is 12.0. The number of nitrogens with one attached hydrogen (secondary N) is 1. The van der Waals surface area contributed by atoms with E-state index >= 15 is 0 Å². The average Bonchev–Trinajstić information content (AvgIpc) is 2.27. The lowest BCUT2D eigenvalue weighted by Gasteiger charge is -2.27. The van der Waals surface area contributed by atoms with E-state index in [0.29, 0.717) is 6.42 Å². The van der Waals surface area contributed by atoms with Gasteiger partial charge >= 0.3 is 6.18 Å². The van der Waals surface area contributed by atoms with Crippen LogP contribution in [-0.4, -0.2) is 18.8 Å². The first-order valence-electron chi connectivity index (χ1n) is 7.67. The number of hydrogen-bond acceptors (Lipinski definition) is 1. The van der Waals surface area contributed by atoms with Crippen molar-refractivity contribution in [2.75, 3.05) is 6.54 Å². The summed E-state index contributed by atoms with van der Waals surface area (Å²) in [5, 5.41) is 3.36. The van der Waals surface area contributed by atoms with Gasteiger partial charge in [-0.3, -0.25) is 0 Å². The van der Waals surface area contributed by atoms with Gasteiger partial charge in [0, 0.05) is 12.5 Å². The summed E-state index contributed by atoms with van der Waals surface area (Å²) in [6.07, 6.45) is 2.72. The van der Waals surface area contributed by atoms with Gasteiger partial charge in [0.25, 0.3) is 0 Å². The van der Waals surface area contributed by atoms with E-state index in [1.54, 1.807) is 0 Å². The summed E-state index contributed by atoms with van der Waals surface area (Å²) >= 11 is 0. The minimum atomic E-state index is -4.00. The molecule has 1 aliphatic carbocycles. The third kappa shape index (κ3) is 8.51. The van der Waals surface area contributed by atoms with E-state index in [1.165, 1.54) is 32.1 Å². The number of alkyl halides is 3. The van der Waals surface area contributed by atoms with Crippen molar-refractivity contribution in [3.8, 4) is 0 Å². The molecule has 0 radical (unpaired) electrons. The molecule has 1 aliphatic rings. The molecule has 1 nitrogen and oxygen atoms in total. The Bertz CT molecular complexity index is 240. The van der Waals surface area contributed by atoms with Gasteiger partial charge in [-0.2, -0.15) is 13.2 Å². The molecule has 1 N–H and O–H groups in total. The zero-order chi connectivity index (χ0) is 14.3. The lowest BCUT2D eigenvalue weighted by atomic mass is 9.81. The van der Waals surface area contributed by atoms with E-state index in [9.17, 15) is 13.2 Å². The second-order valence-electron chi connectivity index (χ2n) is 6.29. The zero-order valence-corrected chi connectivity index (χ0v) is 12.2. The van der Waals surface area contributed by atoms with E-state index < -0.39 is 12.6 Å². The highest BCUT2D eigenvalue weighted by Crippen LogP contribution is 2.30. The van der Waals surface area contributed by atoms with Gasteiger partial charge < -0.3 is 5.32 Å². The second kappa shape index (κ2) is 8.13. The van der Waals surface area contributed by atoms with Crippen LogP contribution in [0.25, 0.3) is 0 Å². The van der Waals surface area contributed by atoms with Crippen LogP contribution < -0.4 is 5.32 Å². The molecule has 114 valence electrons. The van der Waals surface area contributed by atoms with Crippen LogP contribution >= 0.6 is 0 Å². The molecule has 0 aromatic heterocycles. The predicted molar refractivity (Wildman–Crippen MR) is 73.1 cm³/mol. The van der Waals surface area contributed by atoms with Gasteiger partial charge in [0.05, 0.1) is 0 Å². The summed E-state index contributed by atoms with van der Waals surface area (Å²) in [6, 6.07) is 0.198. The van der Waals surface area contributed by atoms with Crippen LogP contribution in [0, 0.1) is 11.8 Å². The number of rotatable bonds is 7. The standard InChI is InChI=1S/C15H28F3N/c1-12-5-3-7-14(11-12)8-10-19-13(2)6-4-9-15(16,17)18/h12-14,19H,3-11H2,1-2H3. The van der Waals surface area contributed by atoms with Crippen LogP contribution in [0.1, 0.15) is 65.2 Å². The van der Waals surface area contributed by atoms with Crippen LogP contribution in [0.15, 0.2) is 0 Å². The van der Waals surface area contributed by atoms with Gasteiger partial charge in [0.1, 0.15) is 0 Å². The minimum Gasteiger partial charge on any atom is -0.314 e. The van der Waals surface area contributed by atoms with E-state index in [4.69, 9.17) is 0 Å². The Balaban J connectivity index is 2.02. The molecule has 3 atom stereocenters. The van der Waals surface area contributed by atoms with Gasteiger partial charge in [0.2, 0.25) is 0 Å². The molecule has 1 rings (SSSR count).